The molecule has 1 aromatic heterocycles. The Morgan fingerprint density at radius 3 is 2.55 bits per heavy atom. The van der Waals surface area contributed by atoms with Crippen molar-refractivity contribution in [2.24, 2.45) is 0 Å². The number of benzene rings is 2. The number of anilines is 2. The lowest BCUT2D eigenvalue weighted by molar-refractivity contribution is 0.262. The number of amides is 2. The van der Waals surface area contributed by atoms with Crippen molar-refractivity contribution in [3.8, 4) is 0 Å². The highest BCUT2D eigenvalue weighted by atomic mass is 32.2. The van der Waals surface area contributed by atoms with Crippen molar-refractivity contribution in [3.05, 3.63) is 70.7 Å². The lowest BCUT2D eigenvalue weighted by atomic mass is 10.2. The third-order valence-electron chi connectivity index (χ3n) is 4.69. The van der Waals surface area contributed by atoms with Crippen LogP contribution in [0, 0.1) is 6.92 Å². The Bertz CT molecular complexity index is 1140. The van der Waals surface area contributed by atoms with Gasteiger partial charge in [0.15, 0.2) is 5.13 Å². The molecule has 1 aliphatic rings. The molecule has 0 bridgehead atoms. The first-order valence-electron chi connectivity index (χ1n) is 9.11. The second-order valence-electron chi connectivity index (χ2n) is 6.68. The zero-order chi connectivity index (χ0) is 20.4. The highest BCUT2D eigenvalue weighted by molar-refractivity contribution is 7.89. The molecule has 0 spiro atoms. The molecule has 2 aromatic carbocycles. The van der Waals surface area contributed by atoms with Crippen molar-refractivity contribution in [3.63, 3.8) is 0 Å². The number of nitrogens with one attached hydrogen (secondary N) is 2. The topological polar surface area (TPSA) is 91.4 Å². The van der Waals surface area contributed by atoms with E-state index in [9.17, 15) is 13.2 Å². The minimum atomic E-state index is -3.55. The molecular formula is C20H20N4O3S2. The molecule has 9 heteroatoms. The van der Waals surface area contributed by atoms with Gasteiger partial charge in [-0.15, -0.1) is 0 Å². The molecule has 3 aromatic rings. The molecule has 4 rings (SSSR count). The number of carbonyl (C=O) groups is 1. The summed E-state index contributed by atoms with van der Waals surface area (Å²) in [6.07, 6.45) is 0.513. The van der Waals surface area contributed by atoms with Crippen molar-refractivity contribution in [2.45, 2.75) is 24.8 Å². The number of thiazole rings is 1. The summed E-state index contributed by atoms with van der Waals surface area (Å²) in [5.74, 6) is 0. The molecule has 2 heterocycles. The standard InChI is InChI=1S/C20H20N4O3S2/c1-14-7-5-6-10-16(14)21-19(25)23-20-22-17-11-12-24(13-18(17)28-20)29(26,27)15-8-3-2-4-9-15/h2-10H,11-13H2,1H3,(H2,21,22,23,25). The minimum Gasteiger partial charge on any atom is -0.307 e. The fourth-order valence-electron chi connectivity index (χ4n) is 3.14. The highest BCUT2D eigenvalue weighted by Crippen LogP contribution is 2.31. The zero-order valence-electron chi connectivity index (χ0n) is 15.8. The number of fused-ring (bicyclic) bond motifs is 1. The molecule has 1 aliphatic heterocycles. The second-order valence-corrected chi connectivity index (χ2v) is 9.71. The second kappa shape index (κ2) is 7.94. The molecule has 0 fully saturated rings. The molecule has 29 heavy (non-hydrogen) atoms. The van der Waals surface area contributed by atoms with Crippen LogP contribution in [-0.4, -0.2) is 30.3 Å². The number of hydrogen-bond acceptors (Lipinski definition) is 5. The predicted octanol–water partition coefficient (Wildman–Crippen LogP) is 3.84. The SMILES string of the molecule is Cc1ccccc1NC(=O)Nc1nc2c(s1)CN(S(=O)(=O)c1ccccc1)CC2. The average molecular weight is 429 g/mol. The molecule has 0 aliphatic carbocycles. The van der Waals surface area contributed by atoms with Gasteiger partial charge in [-0.1, -0.05) is 47.7 Å². The van der Waals surface area contributed by atoms with Crippen molar-refractivity contribution >= 4 is 38.2 Å². The van der Waals surface area contributed by atoms with Crippen molar-refractivity contribution in [1.82, 2.24) is 9.29 Å². The van der Waals surface area contributed by atoms with E-state index in [-0.39, 0.29) is 17.5 Å². The summed E-state index contributed by atoms with van der Waals surface area (Å²) in [5, 5.41) is 6.01. The van der Waals surface area contributed by atoms with Gasteiger partial charge in [0.25, 0.3) is 0 Å². The van der Waals surface area contributed by atoms with Gasteiger partial charge in [0.05, 0.1) is 17.1 Å². The van der Waals surface area contributed by atoms with Gasteiger partial charge in [0, 0.05) is 23.5 Å². The zero-order valence-corrected chi connectivity index (χ0v) is 17.4. The fraction of sp³-hybridized carbons (Fsp3) is 0.200. The molecule has 2 N–H and O–H groups in total. The molecule has 150 valence electrons. The van der Waals surface area contributed by atoms with Crippen LogP contribution in [0.3, 0.4) is 0 Å². The molecule has 0 atom stereocenters. The Labute approximate surface area is 173 Å². The fourth-order valence-corrected chi connectivity index (χ4v) is 5.67. The van der Waals surface area contributed by atoms with Gasteiger partial charge in [0.2, 0.25) is 10.0 Å². The van der Waals surface area contributed by atoms with Gasteiger partial charge in [-0.25, -0.2) is 18.2 Å². The van der Waals surface area contributed by atoms with Gasteiger partial charge < -0.3 is 5.32 Å². The van der Waals surface area contributed by atoms with Crippen LogP contribution in [0.4, 0.5) is 15.6 Å². The molecule has 0 saturated carbocycles. The Balaban J connectivity index is 1.46. The van der Waals surface area contributed by atoms with Gasteiger partial charge in [-0.3, -0.25) is 5.32 Å². The quantitative estimate of drug-likeness (QED) is 0.660. The molecule has 0 radical (unpaired) electrons. The van der Waals surface area contributed by atoms with Gasteiger partial charge in [0.1, 0.15) is 0 Å². The third-order valence-corrected chi connectivity index (χ3v) is 7.55. The number of rotatable bonds is 4. The van der Waals surface area contributed by atoms with Crippen LogP contribution in [-0.2, 0) is 23.0 Å². The van der Waals surface area contributed by atoms with E-state index in [2.05, 4.69) is 15.6 Å². The summed E-state index contributed by atoms with van der Waals surface area (Å²) in [7, 11) is -3.55. The van der Waals surface area contributed by atoms with Crippen molar-refractivity contribution in [2.75, 3.05) is 17.2 Å². The van der Waals surface area contributed by atoms with E-state index in [4.69, 9.17) is 0 Å². The van der Waals surface area contributed by atoms with Crippen LogP contribution in [0.2, 0.25) is 0 Å². The molecular weight excluding hydrogens is 408 g/mol. The Hall–Kier alpha value is -2.75. The average Bonchev–Trinajstić information content (AvgIpc) is 3.11. The summed E-state index contributed by atoms with van der Waals surface area (Å²) in [6, 6.07) is 15.5. The normalized spacial score (nSPS) is 14.2. The van der Waals surface area contributed by atoms with Gasteiger partial charge in [-0.05, 0) is 30.7 Å². The van der Waals surface area contributed by atoms with Crippen molar-refractivity contribution < 1.29 is 13.2 Å². The molecule has 0 saturated heterocycles. The summed E-state index contributed by atoms with van der Waals surface area (Å²) < 4.78 is 27.2. The number of aromatic nitrogens is 1. The summed E-state index contributed by atoms with van der Waals surface area (Å²) in [6.45, 7) is 2.54. The lowest BCUT2D eigenvalue weighted by Crippen LogP contribution is -2.35. The number of sulfonamides is 1. The number of urea groups is 1. The Morgan fingerprint density at radius 2 is 1.79 bits per heavy atom. The van der Waals surface area contributed by atoms with Crippen LogP contribution in [0.5, 0.6) is 0 Å². The summed E-state index contributed by atoms with van der Waals surface area (Å²) >= 11 is 1.30. The van der Waals surface area contributed by atoms with Crippen molar-refractivity contribution in [1.29, 1.82) is 0 Å². The number of nitrogens with zero attached hydrogens (tertiary/aromatic N) is 2. The lowest BCUT2D eigenvalue weighted by Gasteiger charge is -2.25. The highest BCUT2D eigenvalue weighted by Gasteiger charge is 2.30. The molecule has 7 nitrogen and oxygen atoms in total. The van der Waals surface area contributed by atoms with E-state index >= 15 is 0 Å². The maximum absolute atomic E-state index is 12.8. The van der Waals surface area contributed by atoms with E-state index < -0.39 is 10.0 Å². The number of hydrogen-bond donors (Lipinski definition) is 2. The monoisotopic (exact) mass is 428 g/mol. The predicted molar refractivity (Wildman–Crippen MR) is 114 cm³/mol. The van der Waals surface area contributed by atoms with E-state index in [1.165, 1.54) is 15.6 Å². The maximum Gasteiger partial charge on any atom is 0.325 e. The van der Waals surface area contributed by atoms with E-state index in [0.717, 1.165) is 21.8 Å². The van der Waals surface area contributed by atoms with E-state index in [1.807, 2.05) is 31.2 Å². The summed E-state index contributed by atoms with van der Waals surface area (Å²) in [4.78, 5) is 17.9. The van der Waals surface area contributed by atoms with E-state index in [0.29, 0.717) is 18.1 Å². The van der Waals surface area contributed by atoms with Gasteiger partial charge in [-0.2, -0.15) is 4.31 Å². The molecule has 2 amide bonds. The van der Waals surface area contributed by atoms with Crippen LogP contribution in [0.25, 0.3) is 0 Å². The minimum absolute atomic E-state index is 0.255. The van der Waals surface area contributed by atoms with Crippen LogP contribution >= 0.6 is 11.3 Å². The van der Waals surface area contributed by atoms with Gasteiger partial charge >= 0.3 is 6.03 Å². The number of para-hydroxylation sites is 1. The van der Waals surface area contributed by atoms with Crippen LogP contribution in [0.1, 0.15) is 16.1 Å². The number of aryl methyl sites for hydroxylation is 1. The first-order valence-corrected chi connectivity index (χ1v) is 11.4. The van der Waals surface area contributed by atoms with Crippen LogP contribution < -0.4 is 10.6 Å². The van der Waals surface area contributed by atoms with Crippen LogP contribution in [0.15, 0.2) is 59.5 Å². The smallest absolute Gasteiger partial charge is 0.307 e. The summed E-state index contributed by atoms with van der Waals surface area (Å²) in [5.41, 5.74) is 2.52. The Kier molecular flexibility index (Phi) is 5.35. The van der Waals surface area contributed by atoms with E-state index in [1.54, 1.807) is 30.3 Å². The largest absolute Gasteiger partial charge is 0.325 e. The first-order chi connectivity index (χ1) is 13.9. The molecule has 0 unspecified atom stereocenters. The first kappa shape index (κ1) is 19.6. The Morgan fingerprint density at radius 1 is 1.07 bits per heavy atom. The maximum atomic E-state index is 12.8. The third kappa shape index (κ3) is 4.16. The number of carbonyl (C=O) groups excluding carboxylic acids is 1.